The van der Waals surface area contributed by atoms with Gasteiger partial charge < -0.3 is 10.2 Å². The van der Waals surface area contributed by atoms with Crippen LogP contribution < -0.4 is 0 Å². The molecular formula is C18H12N2O4. The second kappa shape index (κ2) is 9.19. The van der Waals surface area contributed by atoms with E-state index in [1.807, 2.05) is 0 Å². The molecule has 0 aliphatic heterocycles. The third-order valence-corrected chi connectivity index (χ3v) is 2.72. The molecule has 24 heavy (non-hydrogen) atoms. The topological polar surface area (TPSA) is 122 Å². The molecule has 1 aromatic carbocycles. The minimum absolute atomic E-state index is 0.370. The van der Waals surface area contributed by atoms with Crippen LogP contribution in [-0.4, -0.2) is 22.2 Å². The smallest absolute Gasteiger partial charge is 0.346 e. The normalized spacial score (nSPS) is 12.1. The average molecular weight is 320 g/mol. The van der Waals surface area contributed by atoms with Gasteiger partial charge in [0.1, 0.15) is 23.3 Å². The molecule has 0 fully saturated rings. The van der Waals surface area contributed by atoms with E-state index >= 15 is 0 Å². The summed E-state index contributed by atoms with van der Waals surface area (Å²) in [4.78, 5) is 21.3. The summed E-state index contributed by atoms with van der Waals surface area (Å²) in [7, 11) is 0. The lowest BCUT2D eigenvalue weighted by Gasteiger charge is -1.96. The second-order valence-corrected chi connectivity index (χ2v) is 4.38. The molecule has 0 amide bonds. The Hall–Kier alpha value is -3.90. The molecule has 0 aromatic heterocycles. The average Bonchev–Trinajstić information content (AvgIpc) is 2.55. The van der Waals surface area contributed by atoms with Crippen molar-refractivity contribution in [1.82, 2.24) is 0 Å². The number of hydrogen-bond acceptors (Lipinski definition) is 4. The molecule has 1 aromatic rings. The Morgan fingerprint density at radius 3 is 1.62 bits per heavy atom. The summed E-state index contributed by atoms with van der Waals surface area (Å²) in [6.07, 6.45) is 8.55. The first-order valence-electron chi connectivity index (χ1n) is 6.61. The summed E-state index contributed by atoms with van der Waals surface area (Å²) in [5.41, 5.74) is 0.785. The summed E-state index contributed by atoms with van der Waals surface area (Å²) < 4.78 is 0. The molecule has 0 saturated heterocycles. The van der Waals surface area contributed by atoms with E-state index in [0.29, 0.717) is 0 Å². The van der Waals surface area contributed by atoms with Gasteiger partial charge in [-0.15, -0.1) is 0 Å². The highest BCUT2D eigenvalue weighted by atomic mass is 16.4. The van der Waals surface area contributed by atoms with E-state index < -0.39 is 11.9 Å². The lowest BCUT2D eigenvalue weighted by atomic mass is 10.1. The molecule has 0 heterocycles. The van der Waals surface area contributed by atoms with Gasteiger partial charge in [-0.05, 0) is 29.3 Å². The van der Waals surface area contributed by atoms with E-state index in [2.05, 4.69) is 0 Å². The molecular weight excluding hydrogens is 308 g/mol. The van der Waals surface area contributed by atoms with E-state index in [-0.39, 0.29) is 11.1 Å². The first kappa shape index (κ1) is 18.1. The molecule has 0 saturated carbocycles. The Morgan fingerprint density at radius 1 is 0.875 bits per heavy atom. The van der Waals surface area contributed by atoms with Crippen LogP contribution in [0.5, 0.6) is 0 Å². The molecule has 118 valence electrons. The third-order valence-electron chi connectivity index (χ3n) is 2.72. The number of allylic oxidation sites excluding steroid dienone is 4. The fourth-order valence-corrected chi connectivity index (χ4v) is 1.59. The number of nitrogens with zero attached hydrogens (tertiary/aromatic N) is 2. The molecule has 0 radical (unpaired) electrons. The molecule has 0 unspecified atom stereocenters. The maximum absolute atomic E-state index is 10.7. The minimum Gasteiger partial charge on any atom is -0.477 e. The Balaban J connectivity index is 2.92. The van der Waals surface area contributed by atoms with E-state index in [1.54, 1.807) is 48.6 Å². The fourth-order valence-electron chi connectivity index (χ4n) is 1.59. The van der Waals surface area contributed by atoms with Gasteiger partial charge in [0, 0.05) is 0 Å². The summed E-state index contributed by atoms with van der Waals surface area (Å²) in [5, 5.41) is 34.7. The number of carboxylic acid groups (broad SMARTS) is 2. The van der Waals surface area contributed by atoms with Crippen LogP contribution >= 0.6 is 0 Å². The zero-order valence-corrected chi connectivity index (χ0v) is 12.4. The van der Waals surface area contributed by atoms with Crippen LogP contribution in [0.4, 0.5) is 0 Å². The molecule has 1 rings (SSSR count). The van der Waals surface area contributed by atoms with Crippen LogP contribution in [0.3, 0.4) is 0 Å². The number of carboxylic acids is 2. The van der Waals surface area contributed by atoms with Gasteiger partial charge in [-0.25, -0.2) is 9.59 Å². The Morgan fingerprint density at radius 2 is 1.29 bits per heavy atom. The highest BCUT2D eigenvalue weighted by Gasteiger charge is 2.03. The maximum Gasteiger partial charge on any atom is 0.346 e. The number of aliphatic carboxylic acids is 2. The molecule has 6 heteroatoms. The Kier molecular flexibility index (Phi) is 6.95. The van der Waals surface area contributed by atoms with Gasteiger partial charge in [-0.2, -0.15) is 10.5 Å². The maximum atomic E-state index is 10.7. The monoisotopic (exact) mass is 320 g/mol. The van der Waals surface area contributed by atoms with Crippen molar-refractivity contribution >= 4 is 24.1 Å². The van der Waals surface area contributed by atoms with Gasteiger partial charge in [0.2, 0.25) is 0 Å². The van der Waals surface area contributed by atoms with Crippen molar-refractivity contribution in [2.45, 2.75) is 0 Å². The van der Waals surface area contributed by atoms with Gasteiger partial charge in [-0.1, -0.05) is 42.5 Å². The summed E-state index contributed by atoms with van der Waals surface area (Å²) in [6.45, 7) is 0. The van der Waals surface area contributed by atoms with Gasteiger partial charge in [0.05, 0.1) is 0 Å². The summed E-state index contributed by atoms with van der Waals surface area (Å²) >= 11 is 0. The number of benzene rings is 1. The van der Waals surface area contributed by atoms with E-state index in [0.717, 1.165) is 11.1 Å². The molecule has 0 atom stereocenters. The standard InChI is InChI=1S/C18H12N2O4/c19-11-15(17(21)22)8-2-6-13-4-1-5-14(10-13)7-3-9-16(12-20)18(23)24/h1-10H,(H,21,22)(H,23,24). The van der Waals surface area contributed by atoms with Crippen molar-refractivity contribution < 1.29 is 19.8 Å². The number of rotatable bonds is 6. The van der Waals surface area contributed by atoms with E-state index in [4.69, 9.17) is 20.7 Å². The van der Waals surface area contributed by atoms with Crippen molar-refractivity contribution in [1.29, 1.82) is 10.5 Å². The quantitative estimate of drug-likeness (QED) is 0.472. The van der Waals surface area contributed by atoms with Crippen molar-refractivity contribution in [3.8, 4) is 12.1 Å². The Bertz CT molecular complexity index is 779. The summed E-state index contributed by atoms with van der Waals surface area (Å²) in [5.74, 6) is -2.59. The molecule has 0 bridgehead atoms. The van der Waals surface area contributed by atoms with Gasteiger partial charge in [0.15, 0.2) is 0 Å². The fraction of sp³-hybridized carbons (Fsp3) is 0. The lowest BCUT2D eigenvalue weighted by molar-refractivity contribution is -0.133. The number of carbonyl (C=O) groups is 2. The molecule has 0 spiro atoms. The minimum atomic E-state index is -1.29. The number of nitriles is 2. The predicted molar refractivity (Wildman–Crippen MR) is 87.2 cm³/mol. The first-order valence-corrected chi connectivity index (χ1v) is 6.61. The van der Waals surface area contributed by atoms with Crippen LogP contribution in [-0.2, 0) is 9.59 Å². The van der Waals surface area contributed by atoms with Gasteiger partial charge >= 0.3 is 11.9 Å². The predicted octanol–water partition coefficient (Wildman–Crippen LogP) is 2.78. The van der Waals surface area contributed by atoms with Crippen LogP contribution in [0.1, 0.15) is 11.1 Å². The van der Waals surface area contributed by atoms with E-state index in [1.165, 1.54) is 24.3 Å². The highest BCUT2D eigenvalue weighted by molar-refractivity contribution is 5.92. The lowest BCUT2D eigenvalue weighted by Crippen LogP contribution is -1.96. The Labute approximate surface area is 138 Å². The number of hydrogen-bond donors (Lipinski definition) is 2. The van der Waals surface area contributed by atoms with Crippen molar-refractivity contribution in [2.24, 2.45) is 0 Å². The molecule has 0 aliphatic rings. The second-order valence-electron chi connectivity index (χ2n) is 4.38. The largest absolute Gasteiger partial charge is 0.477 e. The first-order chi connectivity index (χ1) is 11.5. The van der Waals surface area contributed by atoms with Crippen LogP contribution in [0.15, 0.2) is 59.7 Å². The molecule has 6 nitrogen and oxygen atoms in total. The van der Waals surface area contributed by atoms with E-state index in [9.17, 15) is 9.59 Å². The van der Waals surface area contributed by atoms with Crippen LogP contribution in [0, 0.1) is 22.7 Å². The van der Waals surface area contributed by atoms with Gasteiger partial charge in [-0.3, -0.25) is 0 Å². The molecule has 0 aliphatic carbocycles. The van der Waals surface area contributed by atoms with Crippen LogP contribution in [0.2, 0.25) is 0 Å². The SMILES string of the molecule is N#CC(=CC=Cc1cccc(C=CC=C(C#N)C(=O)O)c1)C(=O)O. The summed E-state index contributed by atoms with van der Waals surface area (Å²) in [6, 6.07) is 10.2. The molecule has 2 N–H and O–H groups in total. The van der Waals surface area contributed by atoms with Crippen LogP contribution in [0.25, 0.3) is 12.2 Å². The van der Waals surface area contributed by atoms with Crippen molar-refractivity contribution in [3.05, 3.63) is 70.8 Å². The zero-order valence-electron chi connectivity index (χ0n) is 12.4. The third kappa shape index (κ3) is 5.84. The highest BCUT2D eigenvalue weighted by Crippen LogP contribution is 2.10. The zero-order chi connectivity index (χ0) is 17.9. The van der Waals surface area contributed by atoms with Gasteiger partial charge in [0.25, 0.3) is 0 Å². The van der Waals surface area contributed by atoms with Crippen molar-refractivity contribution in [3.63, 3.8) is 0 Å². The van der Waals surface area contributed by atoms with Crippen molar-refractivity contribution in [2.75, 3.05) is 0 Å².